The number of amides is 1. The summed E-state index contributed by atoms with van der Waals surface area (Å²) < 4.78 is 24.8. The number of fused-ring (bicyclic) bond motifs is 1. The predicted molar refractivity (Wildman–Crippen MR) is 113 cm³/mol. The molecule has 2 N–H and O–H groups in total. The van der Waals surface area contributed by atoms with Gasteiger partial charge in [0.15, 0.2) is 9.84 Å². The first-order valence-electron chi connectivity index (χ1n) is 9.42. The second kappa shape index (κ2) is 7.52. The SMILES string of the molecule is Cn1cnc2cc(-c3ccc(S(C)(=O)=O)cc3)nc(NCC3CCNC3=O)c2c1=O. The molecule has 1 atom stereocenters. The molecule has 3 aromatic rings. The van der Waals surface area contributed by atoms with E-state index in [-0.39, 0.29) is 22.3 Å². The van der Waals surface area contributed by atoms with Crippen LogP contribution in [0.25, 0.3) is 22.2 Å². The minimum absolute atomic E-state index is 0.0228. The lowest BCUT2D eigenvalue weighted by Crippen LogP contribution is -2.25. The van der Waals surface area contributed by atoms with Gasteiger partial charge in [0.05, 0.1) is 28.4 Å². The zero-order valence-corrected chi connectivity index (χ0v) is 17.4. The minimum atomic E-state index is -3.31. The van der Waals surface area contributed by atoms with Crippen molar-refractivity contribution in [2.75, 3.05) is 24.7 Å². The molecule has 3 heterocycles. The number of benzene rings is 1. The van der Waals surface area contributed by atoms with Gasteiger partial charge < -0.3 is 15.2 Å². The maximum absolute atomic E-state index is 12.7. The maximum Gasteiger partial charge on any atom is 0.264 e. The highest BCUT2D eigenvalue weighted by atomic mass is 32.2. The van der Waals surface area contributed by atoms with E-state index in [1.54, 1.807) is 25.2 Å². The average molecular weight is 427 g/mol. The Morgan fingerprint density at radius 2 is 1.97 bits per heavy atom. The van der Waals surface area contributed by atoms with Gasteiger partial charge in [-0.1, -0.05) is 12.1 Å². The molecule has 1 unspecified atom stereocenters. The molecule has 0 radical (unpaired) electrons. The van der Waals surface area contributed by atoms with Crippen LogP contribution in [0.3, 0.4) is 0 Å². The molecular weight excluding hydrogens is 406 g/mol. The number of nitrogens with zero attached hydrogens (tertiary/aromatic N) is 3. The van der Waals surface area contributed by atoms with E-state index >= 15 is 0 Å². The largest absolute Gasteiger partial charge is 0.369 e. The number of carbonyl (C=O) groups is 1. The van der Waals surface area contributed by atoms with Crippen molar-refractivity contribution in [1.82, 2.24) is 19.9 Å². The van der Waals surface area contributed by atoms with Crippen molar-refractivity contribution in [2.45, 2.75) is 11.3 Å². The van der Waals surface area contributed by atoms with E-state index in [9.17, 15) is 18.0 Å². The van der Waals surface area contributed by atoms with Crippen molar-refractivity contribution >= 4 is 32.5 Å². The molecule has 1 aromatic carbocycles. The molecule has 30 heavy (non-hydrogen) atoms. The molecule has 156 valence electrons. The zero-order chi connectivity index (χ0) is 21.5. The molecule has 0 aliphatic carbocycles. The fourth-order valence-corrected chi connectivity index (χ4v) is 4.06. The molecule has 1 amide bonds. The maximum atomic E-state index is 12.7. The Morgan fingerprint density at radius 3 is 2.60 bits per heavy atom. The van der Waals surface area contributed by atoms with E-state index in [0.29, 0.717) is 47.5 Å². The number of rotatable bonds is 5. The van der Waals surface area contributed by atoms with Crippen LogP contribution >= 0.6 is 0 Å². The van der Waals surface area contributed by atoms with Gasteiger partial charge in [-0.25, -0.2) is 18.4 Å². The normalized spacial score (nSPS) is 16.6. The number of anilines is 1. The smallest absolute Gasteiger partial charge is 0.264 e. The monoisotopic (exact) mass is 427 g/mol. The lowest BCUT2D eigenvalue weighted by atomic mass is 10.1. The van der Waals surface area contributed by atoms with Crippen molar-refractivity contribution in [3.05, 3.63) is 47.0 Å². The van der Waals surface area contributed by atoms with Crippen LogP contribution in [0.5, 0.6) is 0 Å². The van der Waals surface area contributed by atoms with Gasteiger partial charge in [0.2, 0.25) is 5.91 Å². The predicted octanol–water partition coefficient (Wildman–Crippen LogP) is 0.947. The summed E-state index contributed by atoms with van der Waals surface area (Å²) in [6, 6.07) is 8.06. The van der Waals surface area contributed by atoms with E-state index in [0.717, 1.165) is 6.26 Å². The molecular formula is C20H21N5O4S. The first-order valence-corrected chi connectivity index (χ1v) is 11.3. The highest BCUT2D eigenvalue weighted by Gasteiger charge is 2.24. The number of hydrogen-bond acceptors (Lipinski definition) is 7. The van der Waals surface area contributed by atoms with E-state index in [2.05, 4.69) is 20.6 Å². The third kappa shape index (κ3) is 3.78. The third-order valence-corrected chi connectivity index (χ3v) is 6.29. The zero-order valence-electron chi connectivity index (χ0n) is 16.5. The molecule has 0 spiro atoms. The highest BCUT2D eigenvalue weighted by molar-refractivity contribution is 7.90. The summed E-state index contributed by atoms with van der Waals surface area (Å²) >= 11 is 0. The van der Waals surface area contributed by atoms with E-state index < -0.39 is 9.84 Å². The van der Waals surface area contributed by atoms with E-state index in [4.69, 9.17) is 0 Å². The molecule has 1 aliphatic heterocycles. The fraction of sp³-hybridized carbons (Fsp3) is 0.300. The summed E-state index contributed by atoms with van der Waals surface area (Å²) in [5, 5.41) is 6.29. The molecule has 0 bridgehead atoms. The highest BCUT2D eigenvalue weighted by Crippen LogP contribution is 2.26. The van der Waals surface area contributed by atoms with Gasteiger partial charge in [-0.2, -0.15) is 0 Å². The Kier molecular flexibility index (Phi) is 5.02. The molecule has 2 aromatic heterocycles. The Bertz CT molecular complexity index is 1300. The van der Waals surface area contributed by atoms with Gasteiger partial charge in [-0.3, -0.25) is 9.59 Å². The second-order valence-electron chi connectivity index (χ2n) is 7.36. The van der Waals surface area contributed by atoms with Crippen molar-refractivity contribution in [3.63, 3.8) is 0 Å². The number of aromatic nitrogens is 3. The van der Waals surface area contributed by atoms with Gasteiger partial charge in [-0.05, 0) is 24.6 Å². The van der Waals surface area contributed by atoms with E-state index in [1.807, 2.05) is 0 Å². The summed E-state index contributed by atoms with van der Waals surface area (Å²) in [4.78, 5) is 33.8. The molecule has 1 saturated heterocycles. The lowest BCUT2D eigenvalue weighted by molar-refractivity contribution is -0.122. The van der Waals surface area contributed by atoms with Crippen LogP contribution in [0.4, 0.5) is 5.82 Å². The van der Waals surface area contributed by atoms with Crippen molar-refractivity contribution in [1.29, 1.82) is 0 Å². The van der Waals surface area contributed by atoms with Crippen LogP contribution in [-0.4, -0.2) is 48.2 Å². The standard InChI is InChI=1S/C20H21N5O4S/c1-25-11-23-16-9-15(12-3-5-14(6-4-12)30(2,28)29)24-18(17(16)20(25)27)22-10-13-7-8-21-19(13)26/h3-6,9,11,13H,7-8,10H2,1-2H3,(H,21,26)(H,22,24). The summed E-state index contributed by atoms with van der Waals surface area (Å²) in [7, 11) is -1.69. The van der Waals surface area contributed by atoms with Gasteiger partial charge in [-0.15, -0.1) is 0 Å². The second-order valence-corrected chi connectivity index (χ2v) is 9.38. The molecule has 4 rings (SSSR count). The Hall–Kier alpha value is -3.27. The molecule has 0 saturated carbocycles. The Morgan fingerprint density at radius 1 is 1.23 bits per heavy atom. The van der Waals surface area contributed by atoms with Crippen LogP contribution in [0.2, 0.25) is 0 Å². The number of hydrogen-bond donors (Lipinski definition) is 2. The lowest BCUT2D eigenvalue weighted by Gasteiger charge is -2.14. The summed E-state index contributed by atoms with van der Waals surface area (Å²) in [6.45, 7) is 0.984. The van der Waals surface area contributed by atoms with Crippen molar-refractivity contribution in [2.24, 2.45) is 13.0 Å². The van der Waals surface area contributed by atoms with Gasteiger partial charge in [0, 0.05) is 32.0 Å². The van der Waals surface area contributed by atoms with Crippen LogP contribution in [-0.2, 0) is 21.7 Å². The minimum Gasteiger partial charge on any atom is -0.369 e. The van der Waals surface area contributed by atoms with Crippen LogP contribution < -0.4 is 16.2 Å². The quantitative estimate of drug-likeness (QED) is 0.621. The molecule has 10 heteroatoms. The van der Waals surface area contributed by atoms with Crippen LogP contribution in [0.15, 0.2) is 46.3 Å². The number of nitrogens with one attached hydrogen (secondary N) is 2. The molecule has 1 aliphatic rings. The number of carbonyl (C=O) groups excluding carboxylic acids is 1. The molecule has 9 nitrogen and oxygen atoms in total. The van der Waals surface area contributed by atoms with Crippen LogP contribution in [0.1, 0.15) is 6.42 Å². The Labute approximate surface area is 173 Å². The summed E-state index contributed by atoms with van der Waals surface area (Å²) in [5.41, 5.74) is 1.45. The number of pyridine rings is 1. The fourth-order valence-electron chi connectivity index (χ4n) is 3.43. The van der Waals surface area contributed by atoms with Crippen LogP contribution in [0, 0.1) is 5.92 Å². The summed E-state index contributed by atoms with van der Waals surface area (Å²) in [6.07, 6.45) is 3.30. The van der Waals surface area contributed by atoms with Crippen molar-refractivity contribution < 1.29 is 13.2 Å². The summed E-state index contributed by atoms with van der Waals surface area (Å²) in [5.74, 6) is 0.133. The first-order chi connectivity index (χ1) is 14.2. The number of aryl methyl sites for hydroxylation is 1. The van der Waals surface area contributed by atoms with Gasteiger partial charge >= 0.3 is 0 Å². The van der Waals surface area contributed by atoms with Gasteiger partial charge in [0.25, 0.3) is 5.56 Å². The Balaban J connectivity index is 1.78. The average Bonchev–Trinajstić information content (AvgIpc) is 3.13. The van der Waals surface area contributed by atoms with Gasteiger partial charge in [0.1, 0.15) is 11.2 Å². The third-order valence-electron chi connectivity index (χ3n) is 5.16. The number of sulfone groups is 1. The van der Waals surface area contributed by atoms with Crippen molar-refractivity contribution in [3.8, 4) is 11.3 Å². The topological polar surface area (TPSA) is 123 Å². The molecule has 1 fully saturated rings. The van der Waals surface area contributed by atoms with E-state index in [1.165, 1.54) is 23.0 Å². The first kappa shape index (κ1) is 20.0.